The van der Waals surface area contributed by atoms with Crippen LogP contribution in [0.2, 0.25) is 0 Å². The van der Waals surface area contributed by atoms with Crippen LogP contribution in [0.4, 0.5) is 8.78 Å². The number of benzene rings is 1. The fourth-order valence-corrected chi connectivity index (χ4v) is 3.32. The molecule has 6 heteroatoms. The van der Waals surface area contributed by atoms with E-state index < -0.39 is 11.6 Å². The molecule has 1 aromatic rings. The maximum absolute atomic E-state index is 14.5. The number of halogens is 4. The molecule has 2 nitrogen and oxygen atoms in total. The molecule has 23 heavy (non-hydrogen) atoms. The Kier molecular flexibility index (Phi) is 9.29. The van der Waals surface area contributed by atoms with E-state index in [1.165, 1.54) is 12.1 Å². The number of hydrogen-bond donors (Lipinski definition) is 1. The van der Waals surface area contributed by atoms with E-state index in [2.05, 4.69) is 32.7 Å². The molecule has 1 aliphatic rings. The number of allylic oxidation sites excluding steroid dienone is 1. The van der Waals surface area contributed by atoms with Gasteiger partial charge >= 0.3 is 0 Å². The van der Waals surface area contributed by atoms with Crippen LogP contribution in [0.3, 0.4) is 0 Å². The second kappa shape index (κ2) is 10.4. The molecule has 0 aliphatic carbocycles. The van der Waals surface area contributed by atoms with Gasteiger partial charge in [-0.25, -0.2) is 8.78 Å². The SMILES string of the molecule is C=CCCCC[C@@H](c1c(F)ccc(Br)c1F)N1CCNCC1.Cl. The Labute approximate surface area is 151 Å². The Bertz CT molecular complexity index is 508. The highest BCUT2D eigenvalue weighted by atomic mass is 79.9. The van der Waals surface area contributed by atoms with E-state index in [0.717, 1.165) is 51.9 Å². The molecule has 2 rings (SSSR count). The van der Waals surface area contributed by atoms with Gasteiger partial charge in [-0.05, 0) is 47.3 Å². The van der Waals surface area contributed by atoms with E-state index in [-0.39, 0.29) is 24.0 Å². The van der Waals surface area contributed by atoms with Gasteiger partial charge in [0.25, 0.3) is 0 Å². The summed E-state index contributed by atoms with van der Waals surface area (Å²) in [7, 11) is 0. The van der Waals surface area contributed by atoms with Crippen LogP contribution in [0.1, 0.15) is 37.3 Å². The van der Waals surface area contributed by atoms with Crippen molar-refractivity contribution in [3.63, 3.8) is 0 Å². The number of unbranched alkanes of at least 4 members (excludes halogenated alkanes) is 2. The van der Waals surface area contributed by atoms with Gasteiger partial charge in [-0.15, -0.1) is 19.0 Å². The van der Waals surface area contributed by atoms with E-state index in [9.17, 15) is 8.78 Å². The number of rotatable bonds is 7. The van der Waals surface area contributed by atoms with Crippen molar-refractivity contribution in [1.82, 2.24) is 10.2 Å². The van der Waals surface area contributed by atoms with Crippen LogP contribution in [0.15, 0.2) is 29.3 Å². The molecule has 0 saturated carbocycles. The maximum Gasteiger partial charge on any atom is 0.145 e. The quantitative estimate of drug-likeness (QED) is 0.394. The van der Waals surface area contributed by atoms with Crippen molar-refractivity contribution in [3.05, 3.63) is 46.5 Å². The molecule has 0 amide bonds. The molecule has 1 saturated heterocycles. The second-order valence-corrected chi connectivity index (χ2v) is 6.49. The van der Waals surface area contributed by atoms with Crippen LogP contribution in [0.5, 0.6) is 0 Å². The summed E-state index contributed by atoms with van der Waals surface area (Å²) in [5.41, 5.74) is 0.204. The van der Waals surface area contributed by atoms with Crippen molar-refractivity contribution in [1.29, 1.82) is 0 Å². The van der Waals surface area contributed by atoms with Crippen LogP contribution in [0, 0.1) is 11.6 Å². The molecule has 0 aromatic heterocycles. The summed E-state index contributed by atoms with van der Waals surface area (Å²) >= 11 is 3.18. The van der Waals surface area contributed by atoms with Crippen LogP contribution in [-0.2, 0) is 0 Å². The molecular formula is C17H24BrClF2N2. The van der Waals surface area contributed by atoms with E-state index in [1.54, 1.807) is 0 Å². The molecule has 130 valence electrons. The van der Waals surface area contributed by atoms with Gasteiger partial charge in [0, 0.05) is 37.8 Å². The minimum atomic E-state index is -0.466. The lowest BCUT2D eigenvalue weighted by molar-refractivity contribution is 0.156. The zero-order valence-corrected chi connectivity index (χ0v) is 15.6. The zero-order valence-electron chi connectivity index (χ0n) is 13.2. The van der Waals surface area contributed by atoms with Crippen molar-refractivity contribution in [2.45, 2.75) is 31.7 Å². The molecule has 1 atom stereocenters. The van der Waals surface area contributed by atoms with Crippen LogP contribution in [0.25, 0.3) is 0 Å². The van der Waals surface area contributed by atoms with Crippen molar-refractivity contribution in [3.8, 4) is 0 Å². The highest BCUT2D eigenvalue weighted by molar-refractivity contribution is 9.10. The third kappa shape index (κ3) is 5.52. The predicted molar refractivity (Wildman–Crippen MR) is 97.2 cm³/mol. The Morgan fingerprint density at radius 3 is 2.61 bits per heavy atom. The Morgan fingerprint density at radius 1 is 1.26 bits per heavy atom. The molecule has 1 fully saturated rings. The van der Waals surface area contributed by atoms with Gasteiger partial charge in [-0.2, -0.15) is 0 Å². The molecule has 0 radical (unpaired) electrons. The lowest BCUT2D eigenvalue weighted by atomic mass is 9.97. The standard InChI is InChI=1S/C17H23BrF2N2.ClH/c1-2-3-4-5-6-15(22-11-9-21-10-12-22)16-14(19)8-7-13(18)17(16)20;/h2,7-8,15,21H,1,3-6,9-12H2;1H/t15-;/m0./s1. The summed E-state index contributed by atoms with van der Waals surface area (Å²) < 4.78 is 29.1. The molecule has 0 bridgehead atoms. The first-order chi connectivity index (χ1) is 10.6. The van der Waals surface area contributed by atoms with Gasteiger partial charge in [0.1, 0.15) is 11.6 Å². The lowest BCUT2D eigenvalue weighted by Crippen LogP contribution is -2.45. The van der Waals surface area contributed by atoms with Crippen LogP contribution >= 0.6 is 28.3 Å². The van der Waals surface area contributed by atoms with Gasteiger partial charge in [0.2, 0.25) is 0 Å². The topological polar surface area (TPSA) is 15.3 Å². The summed E-state index contributed by atoms with van der Waals surface area (Å²) in [6, 6.07) is 2.58. The summed E-state index contributed by atoms with van der Waals surface area (Å²) in [4.78, 5) is 2.19. The van der Waals surface area contributed by atoms with E-state index >= 15 is 0 Å². The normalized spacial score (nSPS) is 16.7. The monoisotopic (exact) mass is 408 g/mol. The van der Waals surface area contributed by atoms with Gasteiger partial charge < -0.3 is 5.32 Å². The molecule has 1 N–H and O–H groups in total. The van der Waals surface area contributed by atoms with E-state index in [1.807, 2.05) is 6.08 Å². The fraction of sp³-hybridized carbons (Fsp3) is 0.529. The van der Waals surface area contributed by atoms with Crippen LogP contribution in [-0.4, -0.2) is 31.1 Å². The third-order valence-electron chi connectivity index (χ3n) is 4.14. The second-order valence-electron chi connectivity index (χ2n) is 5.63. The number of nitrogens with zero attached hydrogens (tertiary/aromatic N) is 1. The molecule has 0 spiro atoms. The highest BCUT2D eigenvalue weighted by Gasteiger charge is 2.28. The first-order valence-electron chi connectivity index (χ1n) is 7.84. The maximum atomic E-state index is 14.5. The summed E-state index contributed by atoms with van der Waals surface area (Å²) in [6.07, 6.45) is 5.53. The third-order valence-corrected chi connectivity index (χ3v) is 4.75. The van der Waals surface area contributed by atoms with Gasteiger partial charge in [0.15, 0.2) is 0 Å². The molecule has 1 heterocycles. The first kappa shape index (κ1) is 20.6. The van der Waals surface area contributed by atoms with Crippen molar-refractivity contribution >= 4 is 28.3 Å². The summed E-state index contributed by atoms with van der Waals surface area (Å²) in [6.45, 7) is 7.08. The summed E-state index contributed by atoms with van der Waals surface area (Å²) in [5.74, 6) is -0.916. The minimum absolute atomic E-state index is 0. The fourth-order valence-electron chi connectivity index (χ4n) is 2.98. The van der Waals surface area contributed by atoms with Gasteiger partial charge in [-0.1, -0.05) is 12.5 Å². The minimum Gasteiger partial charge on any atom is -0.314 e. The average Bonchev–Trinajstić information content (AvgIpc) is 2.54. The Morgan fingerprint density at radius 2 is 1.96 bits per heavy atom. The van der Waals surface area contributed by atoms with Crippen molar-refractivity contribution in [2.75, 3.05) is 26.2 Å². The van der Waals surface area contributed by atoms with Crippen LogP contribution < -0.4 is 5.32 Å². The first-order valence-corrected chi connectivity index (χ1v) is 8.63. The smallest absolute Gasteiger partial charge is 0.145 e. The lowest BCUT2D eigenvalue weighted by Gasteiger charge is -2.35. The zero-order chi connectivity index (χ0) is 15.9. The summed E-state index contributed by atoms with van der Waals surface area (Å²) in [5, 5.41) is 3.29. The van der Waals surface area contributed by atoms with E-state index in [0.29, 0.717) is 4.47 Å². The average molecular weight is 410 g/mol. The highest BCUT2D eigenvalue weighted by Crippen LogP contribution is 2.33. The Hall–Kier alpha value is -0.490. The number of hydrogen-bond acceptors (Lipinski definition) is 2. The predicted octanol–water partition coefficient (Wildman–Crippen LogP) is 4.84. The largest absolute Gasteiger partial charge is 0.314 e. The Balaban J connectivity index is 0.00000264. The number of nitrogens with one attached hydrogen (secondary N) is 1. The van der Waals surface area contributed by atoms with Gasteiger partial charge in [0.05, 0.1) is 4.47 Å². The van der Waals surface area contributed by atoms with E-state index in [4.69, 9.17) is 0 Å². The molecule has 1 aromatic carbocycles. The number of piperazine rings is 1. The molecule has 1 aliphatic heterocycles. The van der Waals surface area contributed by atoms with Crippen molar-refractivity contribution in [2.24, 2.45) is 0 Å². The molecular weight excluding hydrogens is 386 g/mol. The molecule has 0 unspecified atom stereocenters. The van der Waals surface area contributed by atoms with Gasteiger partial charge in [-0.3, -0.25) is 4.90 Å². The van der Waals surface area contributed by atoms with Crippen molar-refractivity contribution < 1.29 is 8.78 Å².